The minimum Gasteiger partial charge on any atom is -0.361 e. The molecule has 0 bridgehead atoms. The fraction of sp³-hybridized carbons (Fsp3) is 0.700. The molecule has 0 atom stereocenters. The van der Waals surface area contributed by atoms with Crippen LogP contribution in [-0.4, -0.2) is 43.7 Å². The summed E-state index contributed by atoms with van der Waals surface area (Å²) in [5.74, 6) is 0. The fourth-order valence-electron chi connectivity index (χ4n) is 2.94. The second-order valence-corrected chi connectivity index (χ2v) is 22.2. The first-order valence-electron chi connectivity index (χ1n) is 10.4. The summed E-state index contributed by atoms with van der Waals surface area (Å²) in [4.78, 5) is 13.1. The zero-order chi connectivity index (χ0) is 21.8. The summed E-state index contributed by atoms with van der Waals surface area (Å²) >= 11 is 2.32. The molecule has 0 spiro atoms. The predicted octanol–water partition coefficient (Wildman–Crippen LogP) is 4.99. The third kappa shape index (κ3) is 7.01. The van der Waals surface area contributed by atoms with Crippen molar-refractivity contribution in [1.29, 1.82) is 0 Å². The van der Waals surface area contributed by atoms with Crippen LogP contribution in [0, 0.1) is 3.70 Å². The normalized spacial score (nSPS) is 12.8. The predicted molar refractivity (Wildman–Crippen MR) is 134 cm³/mol. The van der Waals surface area contributed by atoms with Gasteiger partial charge < -0.3 is 14.0 Å². The minimum absolute atomic E-state index is 0.0777. The van der Waals surface area contributed by atoms with Gasteiger partial charge in [-0.15, -0.1) is 0 Å². The monoisotopic (exact) mass is 549 g/mol. The van der Waals surface area contributed by atoms with E-state index in [0.717, 1.165) is 45.3 Å². The first-order valence-corrected chi connectivity index (χ1v) is 18.9. The zero-order valence-electron chi connectivity index (χ0n) is 19.0. The molecule has 0 fully saturated rings. The van der Waals surface area contributed by atoms with Gasteiger partial charge in [0.1, 0.15) is 13.5 Å². The van der Waals surface area contributed by atoms with E-state index in [-0.39, 0.29) is 12.3 Å². The third-order valence-corrected chi connectivity index (χ3v) is 9.52. The molecule has 0 saturated carbocycles. The maximum absolute atomic E-state index is 13.1. The molecular weight excluding hydrogens is 513 g/mol. The average molecular weight is 550 g/mol. The number of rotatable bonds is 11. The lowest BCUT2D eigenvalue weighted by Gasteiger charge is -2.16. The molecule has 0 amide bonds. The van der Waals surface area contributed by atoms with Crippen LogP contribution in [0.4, 0.5) is 0 Å². The van der Waals surface area contributed by atoms with E-state index >= 15 is 0 Å². The summed E-state index contributed by atoms with van der Waals surface area (Å²) in [5.41, 5.74) is 1.84. The highest BCUT2D eigenvalue weighted by Gasteiger charge is 2.20. The number of ether oxygens (including phenoxy) is 2. The van der Waals surface area contributed by atoms with Crippen molar-refractivity contribution in [3.63, 3.8) is 0 Å². The Morgan fingerprint density at radius 1 is 1.00 bits per heavy atom. The molecule has 29 heavy (non-hydrogen) atoms. The van der Waals surface area contributed by atoms with Gasteiger partial charge in [0.2, 0.25) is 0 Å². The third-order valence-electron chi connectivity index (χ3n) is 4.88. The highest BCUT2D eigenvalue weighted by atomic mass is 127. The fourth-order valence-corrected chi connectivity index (χ4v) is 5.51. The standard InChI is InChI=1S/C20H36IN3O3Si2/c1-8-16-18-17(23(19(16)21)14-26-9-11-28(2,3)4)13-22-24(20(18)25)15-27-10-12-29(5,6)7/h13H,8-12,14-15H2,1-7H3. The Morgan fingerprint density at radius 2 is 1.55 bits per heavy atom. The molecule has 0 saturated heterocycles. The maximum Gasteiger partial charge on any atom is 0.278 e. The van der Waals surface area contributed by atoms with Crippen LogP contribution in [0.2, 0.25) is 51.4 Å². The lowest BCUT2D eigenvalue weighted by molar-refractivity contribution is 0.0752. The van der Waals surface area contributed by atoms with Crippen LogP contribution in [0.15, 0.2) is 11.0 Å². The lowest BCUT2D eigenvalue weighted by atomic mass is 10.2. The van der Waals surface area contributed by atoms with E-state index in [4.69, 9.17) is 9.47 Å². The molecule has 0 radical (unpaired) electrons. The minimum atomic E-state index is -1.15. The van der Waals surface area contributed by atoms with E-state index in [1.807, 2.05) is 0 Å². The van der Waals surface area contributed by atoms with Gasteiger partial charge in [0, 0.05) is 29.4 Å². The summed E-state index contributed by atoms with van der Waals surface area (Å²) in [6.07, 6.45) is 2.58. The number of fused-ring (bicyclic) bond motifs is 1. The Labute approximate surface area is 190 Å². The zero-order valence-corrected chi connectivity index (χ0v) is 23.1. The second-order valence-electron chi connectivity index (χ2n) is 9.96. The van der Waals surface area contributed by atoms with Crippen LogP contribution >= 0.6 is 22.6 Å². The van der Waals surface area contributed by atoms with Crippen LogP contribution < -0.4 is 5.56 Å². The Hall–Kier alpha value is -0.496. The quantitative estimate of drug-likeness (QED) is 0.225. The van der Waals surface area contributed by atoms with Crippen LogP contribution in [0.25, 0.3) is 10.9 Å². The molecule has 2 rings (SSSR count). The molecule has 0 aliphatic rings. The Morgan fingerprint density at radius 3 is 2.07 bits per heavy atom. The highest BCUT2D eigenvalue weighted by molar-refractivity contribution is 14.1. The second kappa shape index (κ2) is 10.2. The van der Waals surface area contributed by atoms with Crippen molar-refractivity contribution < 1.29 is 9.47 Å². The summed E-state index contributed by atoms with van der Waals surface area (Å²) in [6.45, 7) is 18.2. The summed E-state index contributed by atoms with van der Waals surface area (Å²) in [7, 11) is -2.27. The SMILES string of the molecule is CCc1c(I)n(COCC[Si](C)(C)C)c2cnn(COCC[Si](C)(C)C)c(=O)c12. The van der Waals surface area contributed by atoms with Crippen molar-refractivity contribution in [2.45, 2.75) is 78.2 Å². The smallest absolute Gasteiger partial charge is 0.278 e. The number of aromatic nitrogens is 3. The molecule has 6 nitrogen and oxygen atoms in total. The van der Waals surface area contributed by atoms with E-state index in [2.05, 4.69) is 78.5 Å². The topological polar surface area (TPSA) is 58.3 Å². The van der Waals surface area contributed by atoms with Crippen LogP contribution in [0.3, 0.4) is 0 Å². The van der Waals surface area contributed by atoms with Crippen molar-refractivity contribution in [2.24, 2.45) is 0 Å². The summed E-state index contributed by atoms with van der Waals surface area (Å²) in [6, 6.07) is 2.20. The van der Waals surface area contributed by atoms with E-state index < -0.39 is 16.1 Å². The van der Waals surface area contributed by atoms with E-state index in [0.29, 0.717) is 13.3 Å². The van der Waals surface area contributed by atoms with Gasteiger partial charge in [0.25, 0.3) is 5.56 Å². The molecule has 9 heteroatoms. The van der Waals surface area contributed by atoms with E-state index in [1.54, 1.807) is 6.20 Å². The number of hydrogen-bond acceptors (Lipinski definition) is 4. The van der Waals surface area contributed by atoms with E-state index in [9.17, 15) is 4.79 Å². The molecule has 2 aromatic rings. The lowest BCUT2D eigenvalue weighted by Crippen LogP contribution is -2.26. The van der Waals surface area contributed by atoms with Crippen LogP contribution in [0.1, 0.15) is 12.5 Å². The number of aryl methyl sites for hydroxylation is 1. The Bertz CT molecular complexity index is 882. The largest absolute Gasteiger partial charge is 0.361 e. The van der Waals surface area contributed by atoms with Crippen LogP contribution in [0.5, 0.6) is 0 Å². The van der Waals surface area contributed by atoms with Gasteiger partial charge in [0.15, 0.2) is 0 Å². The van der Waals surface area contributed by atoms with Gasteiger partial charge >= 0.3 is 0 Å². The van der Waals surface area contributed by atoms with Gasteiger partial charge in [-0.3, -0.25) is 4.79 Å². The summed E-state index contributed by atoms with van der Waals surface area (Å²) in [5, 5.41) is 5.12. The van der Waals surface area contributed by atoms with Gasteiger partial charge in [-0.1, -0.05) is 46.2 Å². The highest BCUT2D eigenvalue weighted by Crippen LogP contribution is 2.25. The molecule has 0 aromatic carbocycles. The molecular formula is C20H36IN3O3Si2. The van der Waals surface area contributed by atoms with Gasteiger partial charge in [-0.05, 0) is 46.7 Å². The Kier molecular flexibility index (Phi) is 8.72. The van der Waals surface area contributed by atoms with Crippen molar-refractivity contribution >= 4 is 49.6 Å². The molecule has 0 aliphatic carbocycles. The van der Waals surface area contributed by atoms with E-state index in [1.165, 1.54) is 4.68 Å². The van der Waals surface area contributed by atoms with Gasteiger partial charge in [0.05, 0.1) is 20.8 Å². The molecule has 0 aliphatic heterocycles. The van der Waals surface area contributed by atoms with Crippen molar-refractivity contribution in [1.82, 2.24) is 14.3 Å². The van der Waals surface area contributed by atoms with Crippen molar-refractivity contribution in [2.75, 3.05) is 13.2 Å². The maximum atomic E-state index is 13.1. The van der Waals surface area contributed by atoms with Crippen LogP contribution in [-0.2, 0) is 29.4 Å². The molecule has 164 valence electrons. The van der Waals surface area contributed by atoms with Crippen molar-refractivity contribution in [3.8, 4) is 0 Å². The molecule has 2 heterocycles. The average Bonchev–Trinajstić information content (AvgIpc) is 2.87. The molecule has 2 aromatic heterocycles. The first kappa shape index (κ1) is 24.8. The molecule has 0 unspecified atom stereocenters. The summed E-state index contributed by atoms with van der Waals surface area (Å²) < 4.78 is 16.3. The van der Waals surface area contributed by atoms with Crippen molar-refractivity contribution in [3.05, 3.63) is 25.8 Å². The number of halogens is 1. The van der Waals surface area contributed by atoms with Gasteiger partial charge in [-0.25, -0.2) is 4.68 Å². The first-order chi connectivity index (χ1) is 13.4. The number of nitrogens with zero attached hydrogens (tertiary/aromatic N) is 3. The number of hydrogen-bond donors (Lipinski definition) is 0. The molecule has 0 N–H and O–H groups in total. The Balaban J connectivity index is 2.20. The van der Waals surface area contributed by atoms with Gasteiger partial charge in [-0.2, -0.15) is 5.10 Å².